The smallest absolute Gasteiger partial charge is 0.122 e. The molecule has 1 aromatic rings. The van der Waals surface area contributed by atoms with E-state index in [1.165, 1.54) is 0 Å². The average Bonchev–Trinajstić information content (AvgIpc) is 2.44. The van der Waals surface area contributed by atoms with Crippen molar-refractivity contribution < 1.29 is 9.90 Å². The molecule has 0 amide bonds. The molecule has 78 valence electrons. The van der Waals surface area contributed by atoms with Crippen molar-refractivity contribution in [3.63, 3.8) is 0 Å². The van der Waals surface area contributed by atoms with Gasteiger partial charge in [-0.25, -0.2) is 4.98 Å². The summed E-state index contributed by atoms with van der Waals surface area (Å²) in [5.74, 6) is -0.158. The third-order valence-corrected chi connectivity index (χ3v) is 2.25. The number of quaternary nitrogens is 1. The molecule has 1 aromatic heterocycles. The number of aliphatic carboxylic acids is 1. The van der Waals surface area contributed by atoms with Crippen molar-refractivity contribution in [2.24, 2.45) is 0 Å². The molecule has 0 saturated heterocycles. The van der Waals surface area contributed by atoms with E-state index in [9.17, 15) is 9.90 Å². The molecule has 1 unspecified atom stereocenters. The fourth-order valence-electron chi connectivity index (χ4n) is 1.50. The maximum absolute atomic E-state index is 10.6. The lowest BCUT2D eigenvalue weighted by Gasteiger charge is -2.15. The van der Waals surface area contributed by atoms with Crippen LogP contribution in [0.2, 0.25) is 0 Å². The number of rotatable bonds is 1. The third-order valence-electron chi connectivity index (χ3n) is 2.25. The lowest BCUT2D eigenvalue weighted by molar-refractivity contribution is -0.308. The molecule has 0 fully saturated rings. The number of fused-ring (bicyclic) bond motifs is 1. The number of nitrogens with zero attached hydrogens (tertiary/aromatic N) is 2. The topological polar surface area (TPSA) is 106 Å². The van der Waals surface area contributed by atoms with Crippen LogP contribution in [0.25, 0.3) is 0 Å². The summed E-state index contributed by atoms with van der Waals surface area (Å²) < 4.78 is 1.95. The Balaban J connectivity index is 0.000000980. The maximum atomic E-state index is 10.6. The molecule has 0 radical (unpaired) electrons. The standard InChI is InChI=1S/C8H11N3O2.H3N/c12-8(13)6-1-3-11-4-2-9-7(11)5-10-6;/h2,4,6,10H,1,3,5H2,(H,12,13);1H3. The van der Waals surface area contributed by atoms with Crippen molar-refractivity contribution in [1.29, 1.82) is 0 Å². The third kappa shape index (κ3) is 1.91. The number of carbonyl (C=O) groups is 1. The number of aryl methyl sites for hydroxylation is 1. The highest BCUT2D eigenvalue weighted by Crippen LogP contribution is 2.06. The number of aromatic nitrogens is 2. The maximum Gasteiger partial charge on any atom is 0.122 e. The molecule has 2 heterocycles. The van der Waals surface area contributed by atoms with E-state index in [0.29, 0.717) is 19.5 Å². The fraction of sp³-hybridized carbons (Fsp3) is 0.500. The lowest BCUT2D eigenvalue weighted by Crippen LogP contribution is -2.44. The minimum atomic E-state index is -1.04. The van der Waals surface area contributed by atoms with Gasteiger partial charge in [0.25, 0.3) is 0 Å². The van der Waals surface area contributed by atoms with E-state index in [-0.39, 0.29) is 6.15 Å². The van der Waals surface area contributed by atoms with Crippen LogP contribution in [0.15, 0.2) is 12.4 Å². The highest BCUT2D eigenvalue weighted by atomic mass is 16.4. The zero-order valence-corrected chi connectivity index (χ0v) is 8.06. The van der Waals surface area contributed by atoms with E-state index < -0.39 is 12.0 Å². The van der Waals surface area contributed by atoms with Gasteiger partial charge in [0.05, 0.1) is 12.5 Å². The van der Waals surface area contributed by atoms with Gasteiger partial charge in [0, 0.05) is 25.0 Å². The van der Waals surface area contributed by atoms with Crippen molar-refractivity contribution in [2.45, 2.75) is 25.6 Å². The molecule has 14 heavy (non-hydrogen) atoms. The summed E-state index contributed by atoms with van der Waals surface area (Å²) in [7, 11) is 0. The van der Waals surface area contributed by atoms with E-state index in [2.05, 4.69) is 10.3 Å². The zero-order chi connectivity index (χ0) is 9.26. The fourth-order valence-corrected chi connectivity index (χ4v) is 1.50. The largest absolute Gasteiger partial charge is 0.548 e. The highest BCUT2D eigenvalue weighted by molar-refractivity contribution is 5.71. The van der Waals surface area contributed by atoms with Crippen molar-refractivity contribution >= 4 is 5.97 Å². The Bertz CT molecular complexity index is 300. The minimum Gasteiger partial charge on any atom is -0.548 e. The Morgan fingerprint density at radius 2 is 2.50 bits per heavy atom. The Morgan fingerprint density at radius 1 is 1.71 bits per heavy atom. The summed E-state index contributed by atoms with van der Waals surface area (Å²) >= 11 is 0. The van der Waals surface area contributed by atoms with E-state index in [1.54, 1.807) is 6.20 Å². The molecule has 0 aliphatic carbocycles. The van der Waals surface area contributed by atoms with Crippen molar-refractivity contribution in [3.8, 4) is 0 Å². The van der Waals surface area contributed by atoms with Gasteiger partial charge < -0.3 is 25.9 Å². The van der Waals surface area contributed by atoms with Crippen molar-refractivity contribution in [1.82, 2.24) is 21.0 Å². The monoisotopic (exact) mass is 198 g/mol. The predicted molar refractivity (Wildman–Crippen MR) is 48.5 cm³/mol. The number of hydrogen-bond donors (Lipinski definition) is 2. The van der Waals surface area contributed by atoms with Gasteiger partial charge in [-0.05, 0) is 6.42 Å². The second-order valence-electron chi connectivity index (χ2n) is 3.08. The number of carboxylic acids is 1. The Morgan fingerprint density at radius 3 is 3.21 bits per heavy atom. The zero-order valence-electron chi connectivity index (χ0n) is 8.06. The van der Waals surface area contributed by atoms with Gasteiger partial charge in [-0.2, -0.15) is 0 Å². The van der Waals surface area contributed by atoms with Gasteiger partial charge in [0.2, 0.25) is 0 Å². The van der Waals surface area contributed by atoms with Gasteiger partial charge in [0.1, 0.15) is 5.82 Å². The molecule has 1 aliphatic rings. The van der Waals surface area contributed by atoms with E-state index in [0.717, 1.165) is 5.82 Å². The Hall–Kier alpha value is -1.40. The van der Waals surface area contributed by atoms with Crippen molar-refractivity contribution in [2.75, 3.05) is 0 Å². The first-order valence-electron chi connectivity index (χ1n) is 4.21. The van der Waals surface area contributed by atoms with E-state index >= 15 is 0 Å². The number of imidazole rings is 1. The predicted octanol–water partition coefficient (Wildman–Crippen LogP) is -1.13. The van der Waals surface area contributed by atoms with Crippen molar-refractivity contribution in [3.05, 3.63) is 18.2 Å². The van der Waals surface area contributed by atoms with Crippen LogP contribution in [-0.4, -0.2) is 21.6 Å². The van der Waals surface area contributed by atoms with E-state index in [4.69, 9.17) is 0 Å². The van der Waals surface area contributed by atoms with Crippen LogP contribution in [0.1, 0.15) is 12.2 Å². The number of carboxylic acid groups (broad SMARTS) is 1. The molecule has 1 aliphatic heterocycles. The molecule has 1 atom stereocenters. The summed E-state index contributed by atoms with van der Waals surface area (Å²) in [4.78, 5) is 14.7. The van der Waals surface area contributed by atoms with E-state index in [1.807, 2.05) is 10.8 Å². The summed E-state index contributed by atoms with van der Waals surface area (Å²) in [5, 5.41) is 13.5. The number of hydrogen-bond acceptors (Lipinski definition) is 4. The van der Waals surface area contributed by atoms with Crippen LogP contribution in [0.5, 0.6) is 0 Å². The van der Waals surface area contributed by atoms with Gasteiger partial charge in [0.15, 0.2) is 0 Å². The van der Waals surface area contributed by atoms with Crippen LogP contribution in [0, 0.1) is 0 Å². The lowest BCUT2D eigenvalue weighted by atomic mass is 10.2. The quantitative estimate of drug-likeness (QED) is 0.595. The van der Waals surface area contributed by atoms with Gasteiger partial charge >= 0.3 is 0 Å². The molecular formula is C8H14N4O2. The SMILES string of the molecule is O=C([O-])C1CCn2ccnc2CN1.[NH4+]. The Labute approximate surface area is 81.5 Å². The van der Waals surface area contributed by atoms with Crippen LogP contribution >= 0.6 is 0 Å². The minimum absolute atomic E-state index is 0. The molecular weight excluding hydrogens is 184 g/mol. The first-order chi connectivity index (χ1) is 6.27. The van der Waals surface area contributed by atoms with Gasteiger partial charge in [-0.1, -0.05) is 0 Å². The molecule has 0 aromatic carbocycles. The van der Waals surface area contributed by atoms with Crippen LogP contribution in [0.4, 0.5) is 0 Å². The number of carbonyl (C=O) groups excluding carboxylic acids is 1. The first kappa shape index (κ1) is 10.7. The summed E-state index contributed by atoms with van der Waals surface area (Å²) in [6, 6.07) is -0.554. The average molecular weight is 198 g/mol. The van der Waals surface area contributed by atoms with Gasteiger partial charge in [-0.15, -0.1) is 0 Å². The van der Waals surface area contributed by atoms with Crippen LogP contribution in [-0.2, 0) is 17.9 Å². The number of nitrogens with one attached hydrogen (secondary N) is 1. The van der Waals surface area contributed by atoms with Gasteiger partial charge in [-0.3, -0.25) is 0 Å². The second-order valence-corrected chi connectivity index (χ2v) is 3.08. The normalized spacial score (nSPS) is 20.4. The molecule has 6 heteroatoms. The Kier molecular flexibility index (Phi) is 3.21. The summed E-state index contributed by atoms with van der Waals surface area (Å²) in [6.07, 6.45) is 4.12. The van der Waals surface area contributed by atoms with Crippen LogP contribution in [0.3, 0.4) is 0 Å². The molecule has 6 nitrogen and oxygen atoms in total. The molecule has 5 N–H and O–H groups in total. The molecule has 0 saturated carbocycles. The summed E-state index contributed by atoms with van der Waals surface area (Å²) in [5.41, 5.74) is 0. The first-order valence-corrected chi connectivity index (χ1v) is 4.21. The summed E-state index contributed by atoms with van der Waals surface area (Å²) in [6.45, 7) is 1.17. The second kappa shape index (κ2) is 4.21. The highest BCUT2D eigenvalue weighted by Gasteiger charge is 2.15. The van der Waals surface area contributed by atoms with Crippen LogP contribution < -0.4 is 16.6 Å². The molecule has 2 rings (SSSR count). The molecule has 0 spiro atoms. The molecule has 0 bridgehead atoms.